The van der Waals surface area contributed by atoms with Gasteiger partial charge in [-0.05, 0) is 23.6 Å². The Kier molecular flexibility index (Phi) is 4.99. The molecule has 0 spiro atoms. The van der Waals surface area contributed by atoms with Crippen molar-refractivity contribution in [3.05, 3.63) is 64.6 Å². The molecule has 1 heterocycles. The minimum atomic E-state index is -0.466. The monoisotopic (exact) mass is 284 g/mol. The van der Waals surface area contributed by atoms with Crippen LogP contribution in [-0.2, 0) is 9.53 Å². The number of para-hydroxylation sites is 1. The molecule has 4 heteroatoms. The minimum absolute atomic E-state index is 0.466. The summed E-state index contributed by atoms with van der Waals surface area (Å²) in [5.41, 5.74) is 0.760. The highest BCUT2D eigenvalue weighted by Gasteiger charge is 1.99. The summed E-state index contributed by atoms with van der Waals surface area (Å²) in [5.74, 6) is 6.25. The molecule has 0 aliphatic carbocycles. The van der Waals surface area contributed by atoms with Gasteiger partial charge in [0, 0.05) is 0 Å². The van der Waals surface area contributed by atoms with Gasteiger partial charge in [0.2, 0.25) is 0 Å². The minimum Gasteiger partial charge on any atom is -0.466 e. The second-order valence-corrected chi connectivity index (χ2v) is 4.61. The molecule has 0 radical (unpaired) electrons. The Morgan fingerprint density at radius 3 is 2.80 bits per heavy atom. The molecule has 0 unspecified atom stereocenters. The van der Waals surface area contributed by atoms with Crippen LogP contribution in [0, 0.1) is 11.8 Å². The van der Waals surface area contributed by atoms with Crippen LogP contribution in [0.25, 0.3) is 0 Å². The topological polar surface area (TPSA) is 35.5 Å². The van der Waals surface area contributed by atoms with Gasteiger partial charge in [0.05, 0.1) is 29.9 Å². The summed E-state index contributed by atoms with van der Waals surface area (Å²) >= 11 is 1.58. The highest BCUT2D eigenvalue weighted by atomic mass is 32.1. The molecule has 1 aromatic heterocycles. The van der Waals surface area contributed by atoms with Gasteiger partial charge in [-0.25, -0.2) is 4.79 Å². The van der Waals surface area contributed by atoms with Crippen LogP contribution in [0.4, 0.5) is 0 Å². The lowest BCUT2D eigenvalue weighted by atomic mass is 10.2. The van der Waals surface area contributed by atoms with Gasteiger partial charge in [-0.2, -0.15) is 0 Å². The van der Waals surface area contributed by atoms with E-state index in [1.165, 1.54) is 19.4 Å². The Morgan fingerprint density at radius 1 is 1.20 bits per heavy atom. The van der Waals surface area contributed by atoms with E-state index in [1.807, 2.05) is 35.7 Å². The number of ether oxygens (including phenoxy) is 2. The maximum Gasteiger partial charge on any atom is 0.333 e. The van der Waals surface area contributed by atoms with E-state index < -0.39 is 5.97 Å². The number of rotatable bonds is 3. The lowest BCUT2D eigenvalue weighted by Crippen LogP contribution is -1.95. The van der Waals surface area contributed by atoms with E-state index in [-0.39, 0.29) is 0 Å². The van der Waals surface area contributed by atoms with Crippen LogP contribution < -0.4 is 4.74 Å². The van der Waals surface area contributed by atoms with Gasteiger partial charge >= 0.3 is 5.97 Å². The number of carbonyl (C=O) groups excluding carboxylic acids is 1. The van der Waals surface area contributed by atoms with Crippen molar-refractivity contribution in [2.24, 2.45) is 0 Å². The fourth-order valence-corrected chi connectivity index (χ4v) is 1.95. The second-order valence-electron chi connectivity index (χ2n) is 3.67. The van der Waals surface area contributed by atoms with Crippen molar-refractivity contribution in [2.45, 2.75) is 0 Å². The van der Waals surface area contributed by atoms with Crippen LogP contribution in [0.1, 0.15) is 10.4 Å². The molecule has 0 saturated carbocycles. The first-order valence-electron chi connectivity index (χ1n) is 5.85. The molecular formula is C16H12O3S. The van der Waals surface area contributed by atoms with Gasteiger partial charge in [0.1, 0.15) is 5.75 Å². The van der Waals surface area contributed by atoms with Crippen molar-refractivity contribution in [2.75, 3.05) is 7.11 Å². The van der Waals surface area contributed by atoms with Crippen molar-refractivity contribution >= 4 is 17.3 Å². The normalized spacial score (nSPS) is 9.85. The Labute approximate surface area is 121 Å². The lowest BCUT2D eigenvalue weighted by molar-refractivity contribution is -0.134. The fraction of sp³-hybridized carbons (Fsp3) is 0.0625. The molecule has 2 aromatic rings. The predicted octanol–water partition coefficient (Wildman–Crippen LogP) is 3.21. The first kappa shape index (κ1) is 13.9. The van der Waals surface area contributed by atoms with Crippen LogP contribution in [0.15, 0.2) is 54.1 Å². The van der Waals surface area contributed by atoms with Gasteiger partial charge in [-0.3, -0.25) is 0 Å². The Morgan fingerprint density at radius 2 is 2.05 bits per heavy atom. The van der Waals surface area contributed by atoms with Gasteiger partial charge < -0.3 is 9.47 Å². The zero-order valence-corrected chi connectivity index (χ0v) is 11.6. The predicted molar refractivity (Wildman–Crippen MR) is 78.5 cm³/mol. The van der Waals surface area contributed by atoms with Gasteiger partial charge in [-0.15, -0.1) is 11.3 Å². The first-order chi connectivity index (χ1) is 9.79. The maximum absolute atomic E-state index is 11.0. The average Bonchev–Trinajstić information content (AvgIpc) is 2.99. The van der Waals surface area contributed by atoms with Crippen LogP contribution in [-0.4, -0.2) is 13.1 Å². The summed E-state index contributed by atoms with van der Waals surface area (Å²) in [6, 6.07) is 11.3. The Bertz CT molecular complexity index is 661. The molecule has 0 N–H and O–H groups in total. The zero-order chi connectivity index (χ0) is 14.2. The molecule has 2 rings (SSSR count). The van der Waals surface area contributed by atoms with Gasteiger partial charge in [0.25, 0.3) is 0 Å². The van der Waals surface area contributed by atoms with E-state index in [2.05, 4.69) is 16.6 Å². The molecule has 0 fully saturated rings. The largest absolute Gasteiger partial charge is 0.466 e. The number of esters is 1. The van der Waals surface area contributed by atoms with Crippen LogP contribution in [0.2, 0.25) is 0 Å². The van der Waals surface area contributed by atoms with Gasteiger partial charge in [0.15, 0.2) is 0 Å². The summed E-state index contributed by atoms with van der Waals surface area (Å²) in [6.45, 7) is 0. The van der Waals surface area contributed by atoms with E-state index >= 15 is 0 Å². The van der Waals surface area contributed by atoms with E-state index in [0.717, 1.165) is 10.4 Å². The van der Waals surface area contributed by atoms with E-state index in [9.17, 15) is 4.79 Å². The maximum atomic E-state index is 11.0. The number of thiophene rings is 1. The van der Waals surface area contributed by atoms with Crippen LogP contribution in [0.5, 0.6) is 5.75 Å². The summed E-state index contributed by atoms with van der Waals surface area (Å²) in [7, 11) is 1.31. The smallest absolute Gasteiger partial charge is 0.333 e. The summed E-state index contributed by atoms with van der Waals surface area (Å²) in [5, 5.41) is 1.98. The molecule has 1 aromatic carbocycles. The number of carbonyl (C=O) groups is 1. The highest BCUT2D eigenvalue weighted by Crippen LogP contribution is 2.17. The molecule has 0 aliphatic rings. The molecule has 0 saturated heterocycles. The summed E-state index contributed by atoms with van der Waals surface area (Å²) < 4.78 is 9.88. The quantitative estimate of drug-likeness (QED) is 0.376. The van der Waals surface area contributed by atoms with Crippen molar-refractivity contribution in [1.29, 1.82) is 0 Å². The number of benzene rings is 1. The van der Waals surface area contributed by atoms with E-state index in [4.69, 9.17) is 4.74 Å². The fourth-order valence-electron chi connectivity index (χ4n) is 1.38. The van der Waals surface area contributed by atoms with Crippen molar-refractivity contribution in [3.63, 3.8) is 0 Å². The first-order valence-corrected chi connectivity index (χ1v) is 6.73. The van der Waals surface area contributed by atoms with E-state index in [0.29, 0.717) is 5.75 Å². The average molecular weight is 284 g/mol. The molecule has 0 bridgehead atoms. The van der Waals surface area contributed by atoms with Crippen molar-refractivity contribution in [3.8, 4) is 17.6 Å². The molecule has 20 heavy (non-hydrogen) atoms. The number of hydrogen-bond donors (Lipinski definition) is 0. The van der Waals surface area contributed by atoms with Gasteiger partial charge in [-0.1, -0.05) is 30.0 Å². The molecular weight excluding hydrogens is 272 g/mol. The van der Waals surface area contributed by atoms with Crippen molar-refractivity contribution in [1.82, 2.24) is 0 Å². The molecule has 3 nitrogen and oxygen atoms in total. The standard InChI is InChI=1S/C16H12O3S/c1-18-16(17)10-11-19-15-7-3-2-5-13(15)8-9-14-6-4-12-20-14/h2-7,10-12H,1H3/b11-10+. The molecule has 0 aliphatic heterocycles. The number of methoxy groups -OCH3 is 1. The van der Waals surface area contributed by atoms with E-state index in [1.54, 1.807) is 17.4 Å². The third-order valence-electron chi connectivity index (χ3n) is 2.33. The lowest BCUT2D eigenvalue weighted by Gasteiger charge is -2.02. The zero-order valence-electron chi connectivity index (χ0n) is 10.8. The third kappa shape index (κ3) is 4.01. The Hall–Kier alpha value is -2.51. The Balaban J connectivity index is 2.14. The van der Waals surface area contributed by atoms with Crippen molar-refractivity contribution < 1.29 is 14.3 Å². The highest BCUT2D eigenvalue weighted by molar-refractivity contribution is 7.10. The summed E-state index contributed by atoms with van der Waals surface area (Å²) in [6.07, 6.45) is 2.50. The number of hydrogen-bond acceptors (Lipinski definition) is 4. The van der Waals surface area contributed by atoms with Crippen LogP contribution >= 0.6 is 11.3 Å². The molecule has 0 amide bonds. The molecule has 100 valence electrons. The summed E-state index contributed by atoms with van der Waals surface area (Å²) in [4.78, 5) is 11.9. The van der Waals surface area contributed by atoms with Crippen LogP contribution in [0.3, 0.4) is 0 Å². The second kappa shape index (κ2) is 7.17. The third-order valence-corrected chi connectivity index (χ3v) is 3.11. The SMILES string of the molecule is COC(=O)/C=C/Oc1ccccc1C#Cc1cccs1. The molecule has 0 atom stereocenters.